The lowest BCUT2D eigenvalue weighted by Crippen LogP contribution is -2.45. The predicted molar refractivity (Wildman–Crippen MR) is 139 cm³/mol. The first-order valence-electron chi connectivity index (χ1n) is 11.4. The summed E-state index contributed by atoms with van der Waals surface area (Å²) in [7, 11) is 1.48. The maximum atomic E-state index is 12.8. The average molecular weight is 494 g/mol. The van der Waals surface area contributed by atoms with Crippen molar-refractivity contribution in [2.24, 2.45) is 5.92 Å². The van der Waals surface area contributed by atoms with Crippen LogP contribution in [0.1, 0.15) is 60.3 Å². The molecule has 0 aliphatic rings. The summed E-state index contributed by atoms with van der Waals surface area (Å²) in [6.07, 6.45) is 1.60. The summed E-state index contributed by atoms with van der Waals surface area (Å²) in [4.78, 5) is 43.2. The monoisotopic (exact) mass is 493 g/mol. The second-order valence-corrected chi connectivity index (χ2v) is 10.9. The molecule has 0 aliphatic heterocycles. The first-order valence-corrected chi connectivity index (χ1v) is 12.2. The van der Waals surface area contributed by atoms with E-state index in [1.54, 1.807) is 32.2 Å². The minimum atomic E-state index is -1.05. The number of carboxylic acid groups (broad SMARTS) is 1. The van der Waals surface area contributed by atoms with Crippen LogP contribution in [0.5, 0.6) is 0 Å². The van der Waals surface area contributed by atoms with Gasteiger partial charge in [0.15, 0.2) is 5.01 Å². The molecule has 1 unspecified atom stereocenters. The molecule has 3 rings (SSSR count). The molecule has 35 heavy (non-hydrogen) atoms. The maximum absolute atomic E-state index is 12.8. The Kier molecular flexibility index (Phi) is 7.75. The Morgan fingerprint density at radius 2 is 1.60 bits per heavy atom. The van der Waals surface area contributed by atoms with E-state index in [0.29, 0.717) is 11.3 Å². The molecule has 2 aromatic carbocycles. The van der Waals surface area contributed by atoms with Crippen LogP contribution in [-0.2, 0) is 10.2 Å². The highest BCUT2D eigenvalue weighted by Gasteiger charge is 2.31. The fraction of sp³-hybridized carbons (Fsp3) is 0.333. The second-order valence-electron chi connectivity index (χ2n) is 9.83. The number of hydrogen-bond acceptors (Lipinski definition) is 5. The first kappa shape index (κ1) is 26.1. The van der Waals surface area contributed by atoms with E-state index in [1.165, 1.54) is 23.3 Å². The van der Waals surface area contributed by atoms with E-state index in [-0.39, 0.29) is 22.2 Å². The molecule has 1 atom stereocenters. The minimum Gasteiger partial charge on any atom is -0.480 e. The van der Waals surface area contributed by atoms with Crippen LogP contribution in [0.3, 0.4) is 0 Å². The first-order chi connectivity index (χ1) is 16.4. The number of amides is 2. The van der Waals surface area contributed by atoms with E-state index in [1.807, 2.05) is 36.4 Å². The Labute approximate surface area is 209 Å². The largest absolute Gasteiger partial charge is 0.480 e. The zero-order valence-corrected chi connectivity index (χ0v) is 21.6. The zero-order valence-electron chi connectivity index (χ0n) is 20.8. The van der Waals surface area contributed by atoms with Crippen LogP contribution in [0.2, 0.25) is 0 Å². The van der Waals surface area contributed by atoms with Crippen molar-refractivity contribution < 1.29 is 19.5 Å². The highest BCUT2D eigenvalue weighted by atomic mass is 32.1. The molecule has 0 bridgehead atoms. The summed E-state index contributed by atoms with van der Waals surface area (Å²) in [5.41, 5.74) is 3.26. The van der Waals surface area contributed by atoms with Gasteiger partial charge in [0.2, 0.25) is 0 Å². The summed E-state index contributed by atoms with van der Waals surface area (Å²) in [6.45, 7) is 9.90. The number of aliphatic carboxylic acids is 1. The molecule has 0 saturated carbocycles. The predicted octanol–water partition coefficient (Wildman–Crippen LogP) is 5.54. The Hall–Kier alpha value is -3.52. The molecule has 7 nitrogen and oxygen atoms in total. The van der Waals surface area contributed by atoms with Crippen LogP contribution in [-0.4, -0.2) is 45.9 Å². The van der Waals surface area contributed by atoms with E-state index in [0.717, 1.165) is 16.0 Å². The maximum Gasteiger partial charge on any atom is 0.326 e. The van der Waals surface area contributed by atoms with Crippen LogP contribution in [0.25, 0.3) is 10.4 Å². The van der Waals surface area contributed by atoms with E-state index in [2.05, 4.69) is 31.1 Å². The van der Waals surface area contributed by atoms with Gasteiger partial charge in [-0.25, -0.2) is 9.78 Å². The van der Waals surface area contributed by atoms with Gasteiger partial charge >= 0.3 is 5.97 Å². The van der Waals surface area contributed by atoms with Crippen molar-refractivity contribution in [2.75, 3.05) is 12.4 Å². The molecule has 0 radical (unpaired) electrons. The average Bonchev–Trinajstić information content (AvgIpc) is 3.28. The number of hydrogen-bond donors (Lipinski definition) is 2. The van der Waals surface area contributed by atoms with Gasteiger partial charge < -0.3 is 15.3 Å². The van der Waals surface area contributed by atoms with E-state index < -0.39 is 17.9 Å². The van der Waals surface area contributed by atoms with E-state index >= 15 is 0 Å². The van der Waals surface area contributed by atoms with Crippen LogP contribution in [0.15, 0.2) is 54.7 Å². The van der Waals surface area contributed by atoms with Crippen LogP contribution in [0, 0.1) is 5.92 Å². The molecule has 2 N–H and O–H groups in total. The fourth-order valence-electron chi connectivity index (χ4n) is 3.72. The number of thiazole rings is 1. The number of benzene rings is 2. The molecule has 3 aromatic rings. The third-order valence-electron chi connectivity index (χ3n) is 5.75. The normalized spacial score (nSPS) is 12.3. The van der Waals surface area contributed by atoms with E-state index in [9.17, 15) is 19.5 Å². The summed E-state index contributed by atoms with van der Waals surface area (Å²) < 4.78 is 0. The number of nitrogens with one attached hydrogen (secondary N) is 1. The van der Waals surface area contributed by atoms with Crippen molar-refractivity contribution in [1.29, 1.82) is 0 Å². The number of anilines is 1. The molecule has 0 aliphatic carbocycles. The molecule has 1 heterocycles. The van der Waals surface area contributed by atoms with Gasteiger partial charge in [-0.2, -0.15) is 0 Å². The van der Waals surface area contributed by atoms with E-state index in [4.69, 9.17) is 0 Å². The number of likely N-dealkylation sites (N-methyl/N-ethyl adjacent to an activating group) is 1. The summed E-state index contributed by atoms with van der Waals surface area (Å²) in [5, 5.41) is 12.6. The van der Waals surface area contributed by atoms with Crippen molar-refractivity contribution in [1.82, 2.24) is 9.88 Å². The smallest absolute Gasteiger partial charge is 0.326 e. The Morgan fingerprint density at radius 1 is 1.00 bits per heavy atom. The van der Waals surface area contributed by atoms with Gasteiger partial charge in [0.05, 0.1) is 4.88 Å². The Morgan fingerprint density at radius 3 is 2.11 bits per heavy atom. The molecule has 0 saturated heterocycles. The molecule has 2 amide bonds. The lowest BCUT2D eigenvalue weighted by atomic mass is 9.87. The van der Waals surface area contributed by atoms with Crippen molar-refractivity contribution in [3.8, 4) is 10.4 Å². The number of rotatable bonds is 7. The van der Waals surface area contributed by atoms with Gasteiger partial charge in [-0.1, -0.05) is 58.9 Å². The number of aromatic nitrogens is 1. The standard InChI is InChI=1S/C27H31N3O4S/c1-16(2)22(26(33)34)30(6)25(32)24-28-15-21(35-24)17-9-13-20(14-10-17)29-23(31)18-7-11-19(12-8-18)27(3,4)5/h7-16,22H,1-6H3,(H,29,31)(H,33,34). The topological polar surface area (TPSA) is 99.6 Å². The third-order valence-corrected chi connectivity index (χ3v) is 6.79. The summed E-state index contributed by atoms with van der Waals surface area (Å²) >= 11 is 1.20. The van der Waals surface area contributed by atoms with Crippen LogP contribution < -0.4 is 5.32 Å². The number of nitrogens with zero attached hydrogens (tertiary/aromatic N) is 2. The number of carboxylic acids is 1. The molecule has 1 aromatic heterocycles. The SMILES string of the molecule is CC(C)C(C(=O)O)N(C)C(=O)c1ncc(-c2ccc(NC(=O)c3ccc(C(C)(C)C)cc3)cc2)s1. The lowest BCUT2D eigenvalue weighted by Gasteiger charge is -2.26. The number of carbonyl (C=O) groups is 3. The molecular formula is C27H31N3O4S. The van der Waals surface area contributed by atoms with Crippen LogP contribution >= 0.6 is 11.3 Å². The molecule has 8 heteroatoms. The lowest BCUT2D eigenvalue weighted by molar-refractivity contribution is -0.143. The quantitative estimate of drug-likeness (QED) is 0.450. The summed E-state index contributed by atoms with van der Waals surface area (Å²) in [6, 6.07) is 13.9. The van der Waals surface area contributed by atoms with Gasteiger partial charge in [0.1, 0.15) is 6.04 Å². The zero-order chi connectivity index (χ0) is 25.9. The van der Waals surface area contributed by atoms with Gasteiger partial charge in [0, 0.05) is 24.5 Å². The molecular weight excluding hydrogens is 462 g/mol. The fourth-order valence-corrected chi connectivity index (χ4v) is 4.63. The van der Waals surface area contributed by atoms with Crippen molar-refractivity contribution in [3.05, 3.63) is 70.9 Å². The second kappa shape index (κ2) is 10.4. The highest BCUT2D eigenvalue weighted by molar-refractivity contribution is 7.16. The van der Waals surface area contributed by atoms with Crippen molar-refractivity contribution in [3.63, 3.8) is 0 Å². The Balaban J connectivity index is 1.69. The van der Waals surface area contributed by atoms with Gasteiger partial charge in [0.25, 0.3) is 11.8 Å². The summed E-state index contributed by atoms with van der Waals surface area (Å²) in [5.74, 6) is -1.90. The van der Waals surface area contributed by atoms with Gasteiger partial charge in [-0.3, -0.25) is 9.59 Å². The van der Waals surface area contributed by atoms with Gasteiger partial charge in [-0.05, 0) is 46.7 Å². The highest BCUT2D eigenvalue weighted by Crippen LogP contribution is 2.29. The Bertz CT molecular complexity index is 1210. The third kappa shape index (κ3) is 6.14. The van der Waals surface area contributed by atoms with Gasteiger partial charge in [-0.15, -0.1) is 11.3 Å². The van der Waals surface area contributed by atoms with Crippen molar-refractivity contribution >= 4 is 34.8 Å². The van der Waals surface area contributed by atoms with Crippen molar-refractivity contribution in [2.45, 2.75) is 46.1 Å². The molecule has 184 valence electrons. The number of carbonyl (C=O) groups excluding carboxylic acids is 2. The molecule has 0 fully saturated rings. The van der Waals surface area contributed by atoms with Crippen LogP contribution in [0.4, 0.5) is 5.69 Å². The minimum absolute atomic E-state index is 0.0216. The molecule has 0 spiro atoms.